The van der Waals surface area contributed by atoms with Crippen molar-refractivity contribution in [2.45, 2.75) is 25.9 Å². The largest absolute Gasteiger partial charge is 1.00 e. The summed E-state index contributed by atoms with van der Waals surface area (Å²) in [7, 11) is 0. The van der Waals surface area contributed by atoms with Crippen molar-refractivity contribution in [3.8, 4) is 0 Å². The van der Waals surface area contributed by atoms with Crippen LogP contribution in [0.15, 0.2) is 42.5 Å². The van der Waals surface area contributed by atoms with Crippen molar-refractivity contribution in [3.05, 3.63) is 48.0 Å². The molecule has 0 aliphatic heterocycles. The van der Waals surface area contributed by atoms with Gasteiger partial charge in [-0.2, -0.15) is 0 Å². The summed E-state index contributed by atoms with van der Waals surface area (Å²) >= 11 is 0. The fourth-order valence-corrected chi connectivity index (χ4v) is 1.26. The van der Waals surface area contributed by atoms with E-state index >= 15 is 0 Å². The van der Waals surface area contributed by atoms with Crippen molar-refractivity contribution in [2.75, 3.05) is 0 Å². The van der Waals surface area contributed by atoms with Gasteiger partial charge < -0.3 is 5.11 Å². The molecule has 2 heteroatoms. The molecule has 14 heavy (non-hydrogen) atoms. The molecule has 1 nitrogen and oxygen atoms in total. The third-order valence-electron chi connectivity index (χ3n) is 1.97. The Bertz CT molecular complexity index is 256. The Kier molecular flexibility index (Phi) is 7.61. The molecule has 1 aromatic carbocycles. The van der Waals surface area contributed by atoms with Crippen molar-refractivity contribution in [1.29, 1.82) is 0 Å². The summed E-state index contributed by atoms with van der Waals surface area (Å²) in [6.45, 7) is 1.88. The average Bonchev–Trinajstić information content (AvgIpc) is 2.17. The minimum Gasteiger partial charge on any atom is -0.849 e. The van der Waals surface area contributed by atoms with Crippen LogP contribution in [0.3, 0.4) is 0 Å². The Morgan fingerprint density at radius 2 is 1.93 bits per heavy atom. The van der Waals surface area contributed by atoms with Gasteiger partial charge in [0.1, 0.15) is 0 Å². The summed E-state index contributed by atoms with van der Waals surface area (Å²) in [4.78, 5) is 0. The van der Waals surface area contributed by atoms with Crippen LogP contribution in [0.1, 0.15) is 18.9 Å². The molecule has 1 aromatic rings. The molecule has 0 amide bonds. The SMILES string of the molecule is C/C=C\[C@@H]([O-])CCc1ccccc1.[Li+]. The van der Waals surface area contributed by atoms with Gasteiger partial charge in [0.2, 0.25) is 0 Å². The molecule has 0 heterocycles. The van der Waals surface area contributed by atoms with Crippen LogP contribution in [0.4, 0.5) is 0 Å². The maximum absolute atomic E-state index is 11.2. The first-order chi connectivity index (χ1) is 6.33. The Morgan fingerprint density at radius 3 is 2.50 bits per heavy atom. The van der Waals surface area contributed by atoms with Crippen LogP contribution in [0.2, 0.25) is 0 Å². The molecule has 0 bridgehead atoms. The molecule has 1 atom stereocenters. The van der Waals surface area contributed by atoms with Gasteiger partial charge in [0.25, 0.3) is 0 Å². The van der Waals surface area contributed by atoms with Gasteiger partial charge >= 0.3 is 18.9 Å². The summed E-state index contributed by atoms with van der Waals surface area (Å²) < 4.78 is 0. The Balaban J connectivity index is 0.00000169. The molecule has 0 aromatic heterocycles. The molecule has 0 aliphatic rings. The maximum atomic E-state index is 11.2. The standard InChI is InChI=1S/C12H15O.Li/c1-2-6-12(13)10-9-11-7-4-3-5-8-11;/h2-8,12H,9-10H2,1H3;/q-1;+1/b6-2-;/t12-;/m1./s1. The van der Waals surface area contributed by atoms with Crippen LogP contribution in [0, 0.1) is 0 Å². The van der Waals surface area contributed by atoms with Crippen LogP contribution in [-0.4, -0.2) is 6.10 Å². The second-order valence-electron chi connectivity index (χ2n) is 3.09. The molecule has 70 valence electrons. The number of benzene rings is 1. The molecule has 0 spiro atoms. The topological polar surface area (TPSA) is 23.1 Å². The zero-order valence-corrected chi connectivity index (χ0v) is 8.94. The molecular formula is C12H15LiO. The van der Waals surface area contributed by atoms with E-state index < -0.39 is 6.10 Å². The van der Waals surface area contributed by atoms with Gasteiger partial charge in [0.05, 0.1) is 0 Å². The first-order valence-electron chi connectivity index (χ1n) is 4.65. The molecule has 1 rings (SSSR count). The number of hydrogen-bond acceptors (Lipinski definition) is 1. The summed E-state index contributed by atoms with van der Waals surface area (Å²) in [6.07, 6.45) is 4.55. The Hall–Kier alpha value is -0.483. The van der Waals surface area contributed by atoms with Gasteiger partial charge in [0.15, 0.2) is 0 Å². The molecule has 0 N–H and O–H groups in total. The molecular weight excluding hydrogens is 167 g/mol. The average molecular weight is 182 g/mol. The van der Waals surface area contributed by atoms with E-state index in [4.69, 9.17) is 0 Å². The van der Waals surface area contributed by atoms with Gasteiger partial charge in [-0.25, -0.2) is 0 Å². The third-order valence-corrected chi connectivity index (χ3v) is 1.97. The number of aryl methyl sites for hydroxylation is 1. The maximum Gasteiger partial charge on any atom is 1.00 e. The molecule has 0 saturated heterocycles. The first-order valence-corrected chi connectivity index (χ1v) is 4.65. The summed E-state index contributed by atoms with van der Waals surface area (Å²) in [5.41, 5.74) is 1.24. The number of allylic oxidation sites excluding steroid dienone is 1. The van der Waals surface area contributed by atoms with E-state index in [0.717, 1.165) is 6.42 Å². The quantitative estimate of drug-likeness (QED) is 0.429. The van der Waals surface area contributed by atoms with E-state index in [1.54, 1.807) is 6.08 Å². The van der Waals surface area contributed by atoms with E-state index in [2.05, 4.69) is 12.1 Å². The van der Waals surface area contributed by atoms with Crippen LogP contribution >= 0.6 is 0 Å². The van der Waals surface area contributed by atoms with Gasteiger partial charge in [-0.05, 0) is 18.9 Å². The first kappa shape index (κ1) is 13.5. The second kappa shape index (κ2) is 7.88. The molecule has 0 aliphatic carbocycles. The zero-order valence-electron chi connectivity index (χ0n) is 8.94. The van der Waals surface area contributed by atoms with Crippen LogP contribution in [0.5, 0.6) is 0 Å². The predicted molar refractivity (Wildman–Crippen MR) is 53.4 cm³/mol. The molecule has 0 saturated carbocycles. The van der Waals surface area contributed by atoms with E-state index in [9.17, 15) is 5.11 Å². The predicted octanol–water partition coefficient (Wildman–Crippen LogP) is -1.07. The molecule has 0 radical (unpaired) electrons. The third kappa shape index (κ3) is 5.29. The van der Waals surface area contributed by atoms with E-state index in [0.29, 0.717) is 6.42 Å². The van der Waals surface area contributed by atoms with E-state index in [1.807, 2.05) is 31.2 Å². The Labute approximate surface area is 98.0 Å². The molecule has 0 fully saturated rings. The van der Waals surface area contributed by atoms with Gasteiger partial charge in [-0.15, -0.1) is 12.2 Å². The van der Waals surface area contributed by atoms with Crippen LogP contribution < -0.4 is 24.0 Å². The smallest absolute Gasteiger partial charge is 0.849 e. The van der Waals surface area contributed by atoms with E-state index in [1.165, 1.54) is 5.56 Å². The normalized spacial score (nSPS) is 12.4. The van der Waals surface area contributed by atoms with Crippen molar-refractivity contribution in [3.63, 3.8) is 0 Å². The van der Waals surface area contributed by atoms with Gasteiger partial charge in [-0.3, -0.25) is 0 Å². The number of hydrogen-bond donors (Lipinski definition) is 0. The summed E-state index contributed by atoms with van der Waals surface area (Å²) in [5.74, 6) is 0. The monoisotopic (exact) mass is 182 g/mol. The minimum atomic E-state index is -0.551. The fraction of sp³-hybridized carbons (Fsp3) is 0.333. The second-order valence-corrected chi connectivity index (χ2v) is 3.09. The van der Waals surface area contributed by atoms with Gasteiger partial charge in [0, 0.05) is 0 Å². The van der Waals surface area contributed by atoms with Gasteiger partial charge in [-0.1, -0.05) is 42.8 Å². The zero-order chi connectivity index (χ0) is 9.52. The van der Waals surface area contributed by atoms with Crippen molar-refractivity contribution >= 4 is 0 Å². The fourth-order valence-electron chi connectivity index (χ4n) is 1.26. The summed E-state index contributed by atoms with van der Waals surface area (Å²) in [6, 6.07) is 10.1. The van der Waals surface area contributed by atoms with Crippen LogP contribution in [-0.2, 0) is 6.42 Å². The van der Waals surface area contributed by atoms with Crippen LogP contribution in [0.25, 0.3) is 0 Å². The summed E-state index contributed by atoms with van der Waals surface area (Å²) in [5, 5.41) is 11.2. The Morgan fingerprint density at radius 1 is 1.29 bits per heavy atom. The van der Waals surface area contributed by atoms with Crippen molar-refractivity contribution in [2.24, 2.45) is 0 Å². The van der Waals surface area contributed by atoms with E-state index in [-0.39, 0.29) is 18.9 Å². The number of rotatable bonds is 4. The molecule has 0 unspecified atom stereocenters. The minimum absolute atomic E-state index is 0. The van der Waals surface area contributed by atoms with Crippen molar-refractivity contribution < 1.29 is 24.0 Å². The van der Waals surface area contributed by atoms with Crippen molar-refractivity contribution in [1.82, 2.24) is 0 Å².